The number of carbonyl (C=O) groups is 1. The first kappa shape index (κ1) is 12.8. The number of amides is 1. The van der Waals surface area contributed by atoms with Crippen molar-refractivity contribution in [1.82, 2.24) is 15.3 Å². The number of halogens is 1. The minimum absolute atomic E-state index is 0.172. The van der Waals surface area contributed by atoms with Crippen LogP contribution < -0.4 is 5.32 Å². The van der Waals surface area contributed by atoms with E-state index in [4.69, 9.17) is 0 Å². The summed E-state index contributed by atoms with van der Waals surface area (Å²) >= 11 is 0. The summed E-state index contributed by atoms with van der Waals surface area (Å²) in [5.41, 5.74) is 1.04. The average Bonchev–Trinajstić information content (AvgIpc) is 2.82. The molecule has 0 bridgehead atoms. The molecule has 0 spiro atoms. The molecule has 1 aromatic heterocycles. The SMILES string of the molecule is Cc1ncc(C(=O)NC2(c3ccc(F)cc3)CCC2)[nH]1. The Balaban J connectivity index is 1.83. The number of H-pyrrole nitrogens is 1. The molecule has 0 radical (unpaired) electrons. The quantitative estimate of drug-likeness (QED) is 0.903. The molecule has 1 heterocycles. The smallest absolute Gasteiger partial charge is 0.270 e. The van der Waals surface area contributed by atoms with E-state index in [-0.39, 0.29) is 17.3 Å². The van der Waals surface area contributed by atoms with E-state index in [1.165, 1.54) is 18.3 Å². The summed E-state index contributed by atoms with van der Waals surface area (Å²) in [6.07, 6.45) is 4.33. The van der Waals surface area contributed by atoms with Gasteiger partial charge in [-0.2, -0.15) is 0 Å². The van der Waals surface area contributed by atoms with Gasteiger partial charge >= 0.3 is 0 Å². The van der Waals surface area contributed by atoms with Crippen molar-refractivity contribution in [3.05, 3.63) is 53.4 Å². The van der Waals surface area contributed by atoms with E-state index in [1.807, 2.05) is 0 Å². The summed E-state index contributed by atoms with van der Waals surface area (Å²) in [5.74, 6) is 0.271. The van der Waals surface area contributed by atoms with Crippen LogP contribution in [0.3, 0.4) is 0 Å². The maximum absolute atomic E-state index is 13.0. The Hall–Kier alpha value is -2.17. The highest BCUT2D eigenvalue weighted by Gasteiger charge is 2.40. The molecule has 20 heavy (non-hydrogen) atoms. The Kier molecular flexibility index (Phi) is 3.04. The topological polar surface area (TPSA) is 57.8 Å². The van der Waals surface area contributed by atoms with E-state index in [2.05, 4.69) is 15.3 Å². The monoisotopic (exact) mass is 273 g/mol. The second-order valence-electron chi connectivity index (χ2n) is 5.28. The lowest BCUT2D eigenvalue weighted by atomic mass is 9.71. The highest BCUT2D eigenvalue weighted by molar-refractivity contribution is 5.92. The number of aryl methyl sites for hydroxylation is 1. The van der Waals surface area contributed by atoms with Crippen LogP contribution in [0, 0.1) is 12.7 Å². The molecular formula is C15H16FN3O. The molecule has 1 amide bonds. The van der Waals surface area contributed by atoms with E-state index < -0.39 is 0 Å². The van der Waals surface area contributed by atoms with Gasteiger partial charge in [-0.3, -0.25) is 4.79 Å². The van der Waals surface area contributed by atoms with E-state index in [1.54, 1.807) is 19.1 Å². The predicted octanol–water partition coefficient (Wildman–Crippen LogP) is 2.67. The lowest BCUT2D eigenvalue weighted by Gasteiger charge is -2.43. The fraction of sp³-hybridized carbons (Fsp3) is 0.333. The number of hydrogen-bond donors (Lipinski definition) is 2. The van der Waals surface area contributed by atoms with Gasteiger partial charge in [0.25, 0.3) is 5.91 Å². The minimum atomic E-state index is -0.371. The van der Waals surface area contributed by atoms with Gasteiger partial charge in [-0.1, -0.05) is 12.1 Å². The Morgan fingerprint density at radius 2 is 2.05 bits per heavy atom. The van der Waals surface area contributed by atoms with Gasteiger partial charge in [0.15, 0.2) is 0 Å². The van der Waals surface area contributed by atoms with E-state index >= 15 is 0 Å². The van der Waals surface area contributed by atoms with Crippen LogP contribution in [0.1, 0.15) is 41.1 Å². The van der Waals surface area contributed by atoms with Crippen LogP contribution in [0.4, 0.5) is 4.39 Å². The second-order valence-corrected chi connectivity index (χ2v) is 5.28. The molecule has 0 saturated heterocycles. The van der Waals surface area contributed by atoms with Crippen molar-refractivity contribution in [2.24, 2.45) is 0 Å². The van der Waals surface area contributed by atoms with Gasteiger partial charge in [0.05, 0.1) is 11.7 Å². The Labute approximate surface area is 116 Å². The van der Waals surface area contributed by atoms with Crippen molar-refractivity contribution in [1.29, 1.82) is 0 Å². The van der Waals surface area contributed by atoms with Crippen LogP contribution in [0.2, 0.25) is 0 Å². The maximum atomic E-state index is 13.0. The number of aromatic amines is 1. The molecule has 1 aliphatic rings. The number of imidazole rings is 1. The number of rotatable bonds is 3. The third-order valence-corrected chi connectivity index (χ3v) is 3.90. The first-order valence-corrected chi connectivity index (χ1v) is 6.69. The largest absolute Gasteiger partial charge is 0.341 e. The van der Waals surface area contributed by atoms with E-state index in [0.717, 1.165) is 24.8 Å². The summed E-state index contributed by atoms with van der Waals surface area (Å²) in [5, 5.41) is 3.06. The number of nitrogens with zero attached hydrogens (tertiary/aromatic N) is 1. The molecule has 104 valence electrons. The lowest BCUT2D eigenvalue weighted by Crippen LogP contribution is -2.50. The van der Waals surface area contributed by atoms with Gasteiger partial charge in [0.1, 0.15) is 17.3 Å². The summed E-state index contributed by atoms with van der Waals surface area (Å²) in [7, 11) is 0. The number of benzene rings is 1. The normalized spacial score (nSPS) is 16.5. The molecule has 2 N–H and O–H groups in total. The third-order valence-electron chi connectivity index (χ3n) is 3.90. The van der Waals surface area contributed by atoms with Crippen LogP contribution in [0.25, 0.3) is 0 Å². The first-order valence-electron chi connectivity index (χ1n) is 6.69. The molecular weight excluding hydrogens is 257 g/mol. The zero-order valence-electron chi connectivity index (χ0n) is 11.2. The standard InChI is InChI=1S/C15H16FN3O/c1-10-17-9-13(18-10)14(20)19-15(7-2-8-15)11-3-5-12(16)6-4-11/h3-6,9H,2,7-8H2,1H3,(H,17,18)(H,19,20). The van der Waals surface area contributed by atoms with Crippen molar-refractivity contribution < 1.29 is 9.18 Å². The fourth-order valence-corrected chi connectivity index (χ4v) is 2.61. The van der Waals surface area contributed by atoms with Crippen molar-refractivity contribution >= 4 is 5.91 Å². The van der Waals surface area contributed by atoms with E-state index in [0.29, 0.717) is 11.5 Å². The third kappa shape index (κ3) is 2.19. The molecule has 0 aliphatic heterocycles. The fourth-order valence-electron chi connectivity index (χ4n) is 2.61. The molecule has 0 unspecified atom stereocenters. The summed E-state index contributed by atoms with van der Waals surface area (Å²) < 4.78 is 13.0. The van der Waals surface area contributed by atoms with Crippen molar-refractivity contribution in [2.45, 2.75) is 31.7 Å². The van der Waals surface area contributed by atoms with Crippen molar-refractivity contribution in [3.63, 3.8) is 0 Å². The van der Waals surface area contributed by atoms with Gasteiger partial charge < -0.3 is 10.3 Å². The average molecular weight is 273 g/mol. The lowest BCUT2D eigenvalue weighted by molar-refractivity contribution is 0.0818. The molecule has 4 nitrogen and oxygen atoms in total. The molecule has 5 heteroatoms. The van der Waals surface area contributed by atoms with Gasteiger partial charge in [0, 0.05) is 0 Å². The van der Waals surface area contributed by atoms with Gasteiger partial charge in [-0.05, 0) is 43.9 Å². The zero-order chi connectivity index (χ0) is 14.2. The Morgan fingerprint density at radius 3 is 2.55 bits per heavy atom. The van der Waals surface area contributed by atoms with Crippen molar-refractivity contribution in [3.8, 4) is 0 Å². The van der Waals surface area contributed by atoms with Crippen LogP contribution in [0.5, 0.6) is 0 Å². The molecule has 2 aromatic rings. The van der Waals surface area contributed by atoms with E-state index in [9.17, 15) is 9.18 Å². The molecule has 1 aliphatic carbocycles. The highest BCUT2D eigenvalue weighted by atomic mass is 19.1. The second kappa shape index (κ2) is 4.74. The molecule has 1 aromatic carbocycles. The molecule has 1 saturated carbocycles. The van der Waals surface area contributed by atoms with Gasteiger partial charge in [-0.15, -0.1) is 0 Å². The number of nitrogens with one attached hydrogen (secondary N) is 2. The van der Waals surface area contributed by atoms with Crippen LogP contribution in [-0.4, -0.2) is 15.9 Å². The van der Waals surface area contributed by atoms with Gasteiger partial charge in [-0.25, -0.2) is 9.37 Å². The van der Waals surface area contributed by atoms with Crippen LogP contribution in [0.15, 0.2) is 30.5 Å². The first-order chi connectivity index (χ1) is 9.59. The summed E-state index contributed by atoms with van der Waals surface area (Å²) in [6.45, 7) is 1.80. The van der Waals surface area contributed by atoms with Crippen LogP contribution in [-0.2, 0) is 5.54 Å². The number of carbonyl (C=O) groups excluding carboxylic acids is 1. The molecule has 1 fully saturated rings. The summed E-state index contributed by atoms with van der Waals surface area (Å²) in [4.78, 5) is 19.2. The Bertz CT molecular complexity index is 629. The molecule has 0 atom stereocenters. The maximum Gasteiger partial charge on any atom is 0.270 e. The minimum Gasteiger partial charge on any atom is -0.341 e. The summed E-state index contributed by atoms with van der Waals surface area (Å²) in [6, 6.07) is 6.35. The number of hydrogen-bond acceptors (Lipinski definition) is 2. The number of aromatic nitrogens is 2. The van der Waals surface area contributed by atoms with Gasteiger partial charge in [0.2, 0.25) is 0 Å². The highest BCUT2D eigenvalue weighted by Crippen LogP contribution is 2.41. The van der Waals surface area contributed by atoms with Crippen molar-refractivity contribution in [2.75, 3.05) is 0 Å². The molecule has 3 rings (SSSR count). The Morgan fingerprint density at radius 1 is 1.35 bits per heavy atom. The zero-order valence-corrected chi connectivity index (χ0v) is 11.2. The van der Waals surface area contributed by atoms with Crippen LogP contribution >= 0.6 is 0 Å². The predicted molar refractivity (Wildman–Crippen MR) is 72.7 cm³/mol.